The normalized spacial score (nSPS) is 10.4. The maximum atomic E-state index is 12.3. The molecule has 4 nitrogen and oxygen atoms in total. The minimum absolute atomic E-state index is 0.242. The van der Waals surface area contributed by atoms with E-state index in [1.54, 1.807) is 24.3 Å². The molecule has 0 aliphatic heterocycles. The number of hydrogen-bond acceptors (Lipinski definition) is 4. The zero-order chi connectivity index (χ0) is 17.9. The van der Waals surface area contributed by atoms with Crippen molar-refractivity contribution in [2.24, 2.45) is 0 Å². The number of nitrogens with one attached hydrogen (secondary N) is 1. The molecule has 26 heavy (non-hydrogen) atoms. The third kappa shape index (κ3) is 3.18. The van der Waals surface area contributed by atoms with Crippen molar-refractivity contribution in [3.05, 3.63) is 83.2 Å². The average molecular weight is 355 g/mol. The van der Waals surface area contributed by atoms with Crippen molar-refractivity contribution in [2.45, 2.75) is 0 Å². The van der Waals surface area contributed by atoms with Crippen LogP contribution in [0.1, 0.15) is 15.9 Å². The molecule has 0 bridgehead atoms. The fourth-order valence-electron chi connectivity index (χ4n) is 2.68. The molecule has 0 atom stereocenters. The van der Waals surface area contributed by atoms with E-state index in [1.807, 2.05) is 29.6 Å². The van der Waals surface area contributed by atoms with Crippen LogP contribution in [0.3, 0.4) is 0 Å². The largest absolute Gasteiger partial charge is 0.298 e. The molecule has 4 rings (SSSR count). The predicted molar refractivity (Wildman–Crippen MR) is 104 cm³/mol. The lowest BCUT2D eigenvalue weighted by Crippen LogP contribution is -2.11. The Morgan fingerprint density at radius 3 is 2.54 bits per heavy atom. The number of rotatable bonds is 3. The van der Waals surface area contributed by atoms with Crippen LogP contribution < -0.4 is 5.32 Å². The lowest BCUT2D eigenvalue weighted by Gasteiger charge is -2.02. The van der Waals surface area contributed by atoms with Crippen LogP contribution in [-0.4, -0.2) is 10.9 Å². The second-order valence-corrected chi connectivity index (χ2v) is 6.60. The molecule has 0 aliphatic carbocycles. The van der Waals surface area contributed by atoms with Gasteiger partial charge in [0.2, 0.25) is 0 Å². The van der Waals surface area contributed by atoms with Gasteiger partial charge in [-0.05, 0) is 41.1 Å². The first-order chi connectivity index (χ1) is 12.7. The van der Waals surface area contributed by atoms with Crippen LogP contribution in [0, 0.1) is 11.3 Å². The van der Waals surface area contributed by atoms with Crippen molar-refractivity contribution in [3.63, 3.8) is 0 Å². The molecule has 124 valence electrons. The number of hydrogen-bond donors (Lipinski definition) is 1. The van der Waals surface area contributed by atoms with Gasteiger partial charge in [-0.1, -0.05) is 36.4 Å². The van der Waals surface area contributed by atoms with Gasteiger partial charge in [-0.2, -0.15) is 5.26 Å². The molecule has 1 amide bonds. The molecule has 0 spiro atoms. The van der Waals surface area contributed by atoms with Crippen molar-refractivity contribution in [1.29, 1.82) is 5.26 Å². The zero-order valence-corrected chi connectivity index (χ0v) is 14.5. The summed E-state index contributed by atoms with van der Waals surface area (Å²) in [5, 5.41) is 16.4. The topological polar surface area (TPSA) is 65.8 Å². The van der Waals surface area contributed by atoms with Gasteiger partial charge in [0.05, 0.1) is 17.3 Å². The van der Waals surface area contributed by atoms with E-state index in [2.05, 4.69) is 34.6 Å². The van der Waals surface area contributed by atoms with E-state index in [4.69, 9.17) is 5.26 Å². The molecule has 3 aromatic carbocycles. The number of benzene rings is 3. The highest BCUT2D eigenvalue weighted by atomic mass is 32.1. The van der Waals surface area contributed by atoms with Gasteiger partial charge in [-0.25, -0.2) is 4.98 Å². The molecule has 0 radical (unpaired) electrons. The monoisotopic (exact) mass is 355 g/mol. The number of fused-ring (bicyclic) bond motifs is 1. The molecule has 1 N–H and O–H groups in total. The van der Waals surface area contributed by atoms with E-state index in [9.17, 15) is 4.79 Å². The van der Waals surface area contributed by atoms with Gasteiger partial charge in [-0.3, -0.25) is 10.1 Å². The van der Waals surface area contributed by atoms with Crippen LogP contribution in [0.5, 0.6) is 0 Å². The summed E-state index contributed by atoms with van der Waals surface area (Å²) >= 11 is 1.39. The fourth-order valence-corrected chi connectivity index (χ4v) is 3.39. The molecule has 5 heteroatoms. The highest BCUT2D eigenvalue weighted by Gasteiger charge is 2.10. The minimum Gasteiger partial charge on any atom is -0.298 e. The summed E-state index contributed by atoms with van der Waals surface area (Å²) in [5.41, 5.74) is 2.86. The van der Waals surface area contributed by atoms with Crippen LogP contribution in [0.25, 0.3) is 22.0 Å². The predicted octanol–water partition coefficient (Wildman–Crippen LogP) is 5.09. The molecule has 0 unspecified atom stereocenters. The Labute approximate surface area is 154 Å². The first kappa shape index (κ1) is 16.0. The summed E-state index contributed by atoms with van der Waals surface area (Å²) in [7, 11) is 0. The van der Waals surface area contributed by atoms with Crippen LogP contribution in [0.4, 0.5) is 5.13 Å². The second kappa shape index (κ2) is 6.79. The SMILES string of the molecule is N#Cc1ccc(C(=O)Nc2nc(-c3ccc4ccccc4c3)cs2)cc1. The summed E-state index contributed by atoms with van der Waals surface area (Å²) in [6.07, 6.45) is 0. The Kier molecular flexibility index (Phi) is 4.18. The van der Waals surface area contributed by atoms with Crippen LogP contribution in [-0.2, 0) is 0 Å². The van der Waals surface area contributed by atoms with E-state index in [1.165, 1.54) is 16.7 Å². The Hall–Kier alpha value is -3.49. The van der Waals surface area contributed by atoms with Gasteiger partial charge in [0.15, 0.2) is 5.13 Å². The van der Waals surface area contributed by atoms with Crippen LogP contribution in [0.15, 0.2) is 72.1 Å². The standard InChI is InChI=1S/C21H13N3OS/c22-12-14-5-7-16(8-6-14)20(25)24-21-23-19(13-26-21)18-10-9-15-3-1-2-4-17(15)11-18/h1-11,13H,(H,23,24,25). The fraction of sp³-hybridized carbons (Fsp3) is 0. The quantitative estimate of drug-likeness (QED) is 0.557. The highest BCUT2D eigenvalue weighted by molar-refractivity contribution is 7.14. The van der Waals surface area contributed by atoms with Gasteiger partial charge in [0, 0.05) is 16.5 Å². The summed E-state index contributed by atoms with van der Waals surface area (Å²) in [6.45, 7) is 0. The maximum absolute atomic E-state index is 12.3. The smallest absolute Gasteiger partial charge is 0.257 e. The van der Waals surface area contributed by atoms with E-state index in [0.29, 0.717) is 16.3 Å². The van der Waals surface area contributed by atoms with Gasteiger partial charge in [0.1, 0.15) is 0 Å². The van der Waals surface area contributed by atoms with Crippen LogP contribution in [0.2, 0.25) is 0 Å². The molecular formula is C21H13N3OS. The first-order valence-electron chi connectivity index (χ1n) is 7.99. The number of carbonyl (C=O) groups excluding carboxylic acids is 1. The van der Waals surface area contributed by atoms with E-state index >= 15 is 0 Å². The number of amides is 1. The van der Waals surface area contributed by atoms with E-state index in [0.717, 1.165) is 16.6 Å². The minimum atomic E-state index is -0.242. The number of nitrogens with zero attached hydrogens (tertiary/aromatic N) is 2. The zero-order valence-electron chi connectivity index (χ0n) is 13.6. The Bertz CT molecular complexity index is 1140. The van der Waals surface area contributed by atoms with E-state index < -0.39 is 0 Å². The molecule has 0 saturated heterocycles. The number of aromatic nitrogens is 1. The second-order valence-electron chi connectivity index (χ2n) is 5.74. The molecule has 0 saturated carbocycles. The lowest BCUT2D eigenvalue weighted by atomic mass is 10.1. The lowest BCUT2D eigenvalue weighted by molar-refractivity contribution is 0.102. The molecular weight excluding hydrogens is 342 g/mol. The maximum Gasteiger partial charge on any atom is 0.257 e. The highest BCUT2D eigenvalue weighted by Crippen LogP contribution is 2.28. The number of thiazole rings is 1. The Morgan fingerprint density at radius 2 is 1.77 bits per heavy atom. The van der Waals surface area contributed by atoms with Crippen molar-refractivity contribution >= 4 is 33.1 Å². The van der Waals surface area contributed by atoms with Crippen molar-refractivity contribution < 1.29 is 4.79 Å². The Balaban J connectivity index is 1.55. The number of anilines is 1. The molecule has 1 aromatic heterocycles. The third-order valence-corrected chi connectivity index (χ3v) is 4.80. The Morgan fingerprint density at radius 1 is 1.00 bits per heavy atom. The van der Waals surface area contributed by atoms with Crippen molar-refractivity contribution in [2.75, 3.05) is 5.32 Å². The first-order valence-corrected chi connectivity index (χ1v) is 8.87. The van der Waals surface area contributed by atoms with Gasteiger partial charge >= 0.3 is 0 Å². The summed E-state index contributed by atoms with van der Waals surface area (Å²) in [4.78, 5) is 16.8. The molecule has 4 aromatic rings. The van der Waals surface area contributed by atoms with Gasteiger partial charge in [-0.15, -0.1) is 11.3 Å². The number of nitriles is 1. The van der Waals surface area contributed by atoms with E-state index in [-0.39, 0.29) is 5.91 Å². The third-order valence-electron chi connectivity index (χ3n) is 4.05. The van der Waals surface area contributed by atoms with Crippen molar-refractivity contribution in [1.82, 2.24) is 4.98 Å². The number of carbonyl (C=O) groups is 1. The molecule has 0 fully saturated rings. The van der Waals surface area contributed by atoms with Gasteiger partial charge < -0.3 is 0 Å². The van der Waals surface area contributed by atoms with Crippen molar-refractivity contribution in [3.8, 4) is 17.3 Å². The summed E-state index contributed by atoms with van der Waals surface area (Å²) in [5.74, 6) is -0.242. The average Bonchev–Trinajstić information content (AvgIpc) is 3.16. The summed E-state index contributed by atoms with van der Waals surface area (Å²) < 4.78 is 0. The molecule has 0 aliphatic rings. The van der Waals surface area contributed by atoms with Crippen LogP contribution >= 0.6 is 11.3 Å². The molecule has 1 heterocycles. The van der Waals surface area contributed by atoms with Gasteiger partial charge in [0.25, 0.3) is 5.91 Å². The summed E-state index contributed by atoms with van der Waals surface area (Å²) in [6, 6.07) is 22.9.